The molecule has 0 amide bonds. The lowest BCUT2D eigenvalue weighted by molar-refractivity contribution is 0.340. The van der Waals surface area contributed by atoms with Crippen molar-refractivity contribution >= 4 is 16.7 Å². The van der Waals surface area contributed by atoms with Crippen LogP contribution in [-0.4, -0.2) is 18.9 Å². The van der Waals surface area contributed by atoms with Gasteiger partial charge in [0.25, 0.3) is 0 Å². The quantitative estimate of drug-likeness (QED) is 0.712. The van der Waals surface area contributed by atoms with E-state index in [1.165, 1.54) is 16.5 Å². The number of furan rings is 1. The van der Waals surface area contributed by atoms with Crippen molar-refractivity contribution in [3.05, 3.63) is 64.9 Å². The van der Waals surface area contributed by atoms with Gasteiger partial charge in [0.2, 0.25) is 0 Å². The normalized spacial score (nSPS) is 13.7. The molecule has 1 aromatic heterocycles. The fraction of sp³-hybridized carbons (Fsp3) is 0.250. The minimum atomic E-state index is 0.674. The number of aryl methyl sites for hydroxylation is 1. The molecule has 3 heteroatoms. The van der Waals surface area contributed by atoms with Gasteiger partial charge in [-0.05, 0) is 56.7 Å². The maximum Gasteiger partial charge on any atom is 0.157 e. The number of fused-ring (bicyclic) bond motifs is 3. The number of benzene rings is 2. The number of ether oxygens (including phenoxy) is 1. The van der Waals surface area contributed by atoms with Crippen molar-refractivity contribution in [3.63, 3.8) is 0 Å². The van der Waals surface area contributed by atoms with Crippen molar-refractivity contribution < 1.29 is 9.15 Å². The van der Waals surface area contributed by atoms with E-state index in [2.05, 4.69) is 37.3 Å². The van der Waals surface area contributed by atoms with Crippen LogP contribution in [0.3, 0.4) is 0 Å². The molecular weight excluding hydrogens is 286 g/mol. The second-order valence-electron chi connectivity index (χ2n) is 5.85. The smallest absolute Gasteiger partial charge is 0.157 e. The van der Waals surface area contributed by atoms with Crippen molar-refractivity contribution in [2.75, 3.05) is 13.2 Å². The van der Waals surface area contributed by atoms with Crippen LogP contribution in [-0.2, 0) is 6.42 Å². The Morgan fingerprint density at radius 1 is 1.13 bits per heavy atom. The lowest BCUT2D eigenvalue weighted by Gasteiger charge is -2.12. The monoisotopic (exact) mass is 305 g/mol. The van der Waals surface area contributed by atoms with Gasteiger partial charge in [0.05, 0.1) is 6.61 Å². The average molecular weight is 305 g/mol. The molecule has 0 saturated carbocycles. The lowest BCUT2D eigenvalue weighted by Crippen LogP contribution is -2.12. The highest BCUT2D eigenvalue weighted by molar-refractivity contribution is 6.14. The van der Waals surface area contributed by atoms with E-state index in [4.69, 9.17) is 14.1 Å². The maximum absolute atomic E-state index is 6.13. The predicted molar refractivity (Wildman–Crippen MR) is 92.8 cm³/mol. The molecule has 4 rings (SSSR count). The van der Waals surface area contributed by atoms with E-state index >= 15 is 0 Å². The average Bonchev–Trinajstić information content (AvgIpc) is 2.94. The van der Waals surface area contributed by atoms with E-state index in [-0.39, 0.29) is 0 Å². The molecular formula is C20H19NO2. The van der Waals surface area contributed by atoms with Gasteiger partial charge in [-0.2, -0.15) is 0 Å². The highest BCUT2D eigenvalue weighted by Gasteiger charge is 2.23. The highest BCUT2D eigenvalue weighted by Crippen LogP contribution is 2.32. The number of hydrogen-bond acceptors (Lipinski definition) is 3. The molecule has 1 aliphatic heterocycles. The van der Waals surface area contributed by atoms with Crippen molar-refractivity contribution in [1.29, 1.82) is 0 Å². The first kappa shape index (κ1) is 14.1. The summed E-state index contributed by atoms with van der Waals surface area (Å²) in [6, 6.07) is 14.4. The zero-order chi connectivity index (χ0) is 15.8. The van der Waals surface area contributed by atoms with Gasteiger partial charge >= 0.3 is 0 Å². The summed E-state index contributed by atoms with van der Waals surface area (Å²) in [4.78, 5) is 4.72. The summed E-state index contributed by atoms with van der Waals surface area (Å²) in [5.74, 6) is 1.80. The molecule has 0 radical (unpaired) electrons. The van der Waals surface area contributed by atoms with Gasteiger partial charge in [-0.3, -0.25) is 4.99 Å². The highest BCUT2D eigenvalue weighted by atomic mass is 16.5. The van der Waals surface area contributed by atoms with Crippen LogP contribution in [0.15, 0.2) is 51.9 Å². The number of hydrogen-bond donors (Lipinski definition) is 0. The summed E-state index contributed by atoms with van der Waals surface area (Å²) < 4.78 is 11.6. The molecule has 0 N–H and O–H groups in total. The Labute approximate surface area is 135 Å². The first-order chi connectivity index (χ1) is 11.3. The Kier molecular flexibility index (Phi) is 3.41. The van der Waals surface area contributed by atoms with Gasteiger partial charge in [-0.25, -0.2) is 0 Å². The zero-order valence-corrected chi connectivity index (χ0v) is 13.4. The summed E-state index contributed by atoms with van der Waals surface area (Å²) in [5.41, 5.74) is 5.50. The molecule has 3 aromatic rings. The molecule has 2 heterocycles. The maximum atomic E-state index is 6.13. The molecule has 1 aliphatic rings. The Hall–Kier alpha value is -2.55. The van der Waals surface area contributed by atoms with E-state index in [0.29, 0.717) is 6.61 Å². The molecule has 0 fully saturated rings. The lowest BCUT2D eigenvalue weighted by atomic mass is 9.98. The van der Waals surface area contributed by atoms with Crippen LogP contribution >= 0.6 is 0 Å². The Balaban J connectivity index is 1.80. The largest absolute Gasteiger partial charge is 0.494 e. The van der Waals surface area contributed by atoms with Crippen LogP contribution in [0, 0.1) is 6.92 Å². The predicted octanol–water partition coefficient (Wildman–Crippen LogP) is 4.53. The van der Waals surface area contributed by atoms with Gasteiger partial charge in [0, 0.05) is 23.1 Å². The molecule has 0 aliphatic carbocycles. The van der Waals surface area contributed by atoms with Gasteiger partial charge in [-0.1, -0.05) is 11.6 Å². The van der Waals surface area contributed by atoms with E-state index in [1.807, 2.05) is 19.1 Å². The molecule has 0 atom stereocenters. The van der Waals surface area contributed by atoms with E-state index < -0.39 is 0 Å². The summed E-state index contributed by atoms with van der Waals surface area (Å²) in [6.45, 7) is 5.58. The third-order valence-corrected chi connectivity index (χ3v) is 4.23. The number of rotatable bonds is 3. The fourth-order valence-electron chi connectivity index (χ4n) is 3.15. The second-order valence-corrected chi connectivity index (χ2v) is 5.85. The summed E-state index contributed by atoms with van der Waals surface area (Å²) in [6.07, 6.45) is 0.937. The molecule has 23 heavy (non-hydrogen) atoms. The topological polar surface area (TPSA) is 34.7 Å². The molecule has 0 saturated heterocycles. The third-order valence-electron chi connectivity index (χ3n) is 4.23. The molecule has 116 valence electrons. The Morgan fingerprint density at radius 3 is 2.74 bits per heavy atom. The van der Waals surface area contributed by atoms with Crippen LogP contribution in [0.2, 0.25) is 0 Å². The van der Waals surface area contributed by atoms with Crippen molar-refractivity contribution in [1.82, 2.24) is 0 Å². The Morgan fingerprint density at radius 2 is 1.96 bits per heavy atom. The minimum absolute atomic E-state index is 0.674. The van der Waals surface area contributed by atoms with Crippen molar-refractivity contribution in [2.24, 2.45) is 4.99 Å². The first-order valence-corrected chi connectivity index (χ1v) is 8.06. The minimum Gasteiger partial charge on any atom is -0.494 e. The molecule has 0 bridgehead atoms. The zero-order valence-electron chi connectivity index (χ0n) is 13.4. The molecule has 2 aromatic carbocycles. The fourth-order valence-corrected chi connectivity index (χ4v) is 3.15. The summed E-state index contributed by atoms with van der Waals surface area (Å²) in [5, 5.41) is 1.22. The van der Waals surface area contributed by atoms with Crippen LogP contribution in [0.5, 0.6) is 5.75 Å². The van der Waals surface area contributed by atoms with Gasteiger partial charge in [-0.15, -0.1) is 0 Å². The number of nitrogens with zero attached hydrogens (tertiary/aromatic N) is 1. The SMILES string of the molecule is CCOc1ccc(C2=NCCc3c2oc2ccc(C)cc32)cc1. The number of aliphatic imine (C=N–C) groups is 1. The Bertz CT molecular complexity index is 888. The summed E-state index contributed by atoms with van der Waals surface area (Å²) >= 11 is 0. The van der Waals surface area contributed by atoms with Crippen molar-refractivity contribution in [3.8, 4) is 5.75 Å². The second kappa shape index (κ2) is 5.58. The first-order valence-electron chi connectivity index (χ1n) is 8.06. The van der Waals surface area contributed by atoms with Gasteiger partial charge < -0.3 is 9.15 Å². The van der Waals surface area contributed by atoms with E-state index in [0.717, 1.165) is 41.3 Å². The van der Waals surface area contributed by atoms with Crippen molar-refractivity contribution in [2.45, 2.75) is 20.3 Å². The molecule has 0 unspecified atom stereocenters. The van der Waals surface area contributed by atoms with E-state index in [9.17, 15) is 0 Å². The summed E-state index contributed by atoms with van der Waals surface area (Å²) in [7, 11) is 0. The van der Waals surface area contributed by atoms with Gasteiger partial charge in [0.15, 0.2) is 5.76 Å². The standard InChI is InChI=1S/C20H19NO2/c1-3-22-15-7-5-14(6-8-15)19-20-16(10-11-21-19)17-12-13(2)4-9-18(17)23-20/h4-9,12H,3,10-11H2,1-2H3. The van der Waals surface area contributed by atoms with Crippen LogP contribution in [0.25, 0.3) is 11.0 Å². The van der Waals surface area contributed by atoms with Crippen LogP contribution in [0.1, 0.15) is 29.4 Å². The third kappa shape index (κ3) is 2.42. The van der Waals surface area contributed by atoms with Crippen LogP contribution in [0.4, 0.5) is 0 Å². The van der Waals surface area contributed by atoms with E-state index in [1.54, 1.807) is 0 Å². The molecule has 0 spiro atoms. The molecule has 3 nitrogen and oxygen atoms in total. The van der Waals surface area contributed by atoms with Gasteiger partial charge in [0.1, 0.15) is 17.0 Å². The van der Waals surface area contributed by atoms with Crippen LogP contribution < -0.4 is 4.74 Å².